The van der Waals surface area contributed by atoms with E-state index in [2.05, 4.69) is 33.4 Å². The lowest BCUT2D eigenvalue weighted by Gasteiger charge is -2.10. The van der Waals surface area contributed by atoms with Crippen molar-refractivity contribution in [2.75, 3.05) is 11.9 Å². The Kier molecular flexibility index (Phi) is 4.04. The van der Waals surface area contributed by atoms with Crippen LogP contribution in [-0.2, 0) is 6.42 Å². The Morgan fingerprint density at radius 3 is 2.77 bits per heavy atom. The molecular weight excluding hydrogens is 276 g/mol. The molecule has 0 radical (unpaired) electrons. The van der Waals surface area contributed by atoms with Crippen LogP contribution in [0.15, 0.2) is 29.0 Å². The normalized spacial score (nSPS) is 11.0. The maximum atomic E-state index is 5.19. The summed E-state index contributed by atoms with van der Waals surface area (Å²) in [5, 5.41) is 8.52. The first-order valence-corrected chi connectivity index (χ1v) is 7.53. The molecule has 5 nitrogen and oxygen atoms in total. The Hall–Kier alpha value is -2.43. The summed E-state index contributed by atoms with van der Waals surface area (Å²) >= 11 is 0. The van der Waals surface area contributed by atoms with Crippen LogP contribution in [0.5, 0.6) is 0 Å². The van der Waals surface area contributed by atoms with Gasteiger partial charge in [-0.1, -0.05) is 17.3 Å². The topological polar surface area (TPSA) is 63.8 Å². The Morgan fingerprint density at radius 1 is 1.14 bits per heavy atom. The first-order valence-electron chi connectivity index (χ1n) is 7.53. The maximum Gasteiger partial charge on any atom is 0.137 e. The van der Waals surface area contributed by atoms with Crippen LogP contribution in [0.3, 0.4) is 0 Å². The molecule has 0 aliphatic carbocycles. The third kappa shape index (κ3) is 2.79. The molecule has 3 rings (SSSR count). The fourth-order valence-corrected chi connectivity index (χ4v) is 2.75. The predicted molar refractivity (Wildman–Crippen MR) is 87.1 cm³/mol. The fraction of sp³-hybridized carbons (Fsp3) is 0.353. The highest BCUT2D eigenvalue weighted by molar-refractivity contribution is 5.91. The van der Waals surface area contributed by atoms with Crippen molar-refractivity contribution in [2.45, 2.75) is 33.6 Å². The van der Waals surface area contributed by atoms with Crippen LogP contribution >= 0.6 is 0 Å². The largest absolute Gasteiger partial charge is 0.369 e. The molecule has 0 aliphatic heterocycles. The quantitative estimate of drug-likeness (QED) is 0.729. The first kappa shape index (κ1) is 14.5. The second-order valence-corrected chi connectivity index (χ2v) is 5.52. The van der Waals surface area contributed by atoms with Gasteiger partial charge in [0.15, 0.2) is 0 Å². The van der Waals surface area contributed by atoms with Gasteiger partial charge in [-0.25, -0.2) is 9.97 Å². The van der Waals surface area contributed by atoms with E-state index in [1.165, 1.54) is 11.1 Å². The van der Waals surface area contributed by atoms with Gasteiger partial charge in [-0.05, 0) is 45.2 Å². The Morgan fingerprint density at radius 2 is 2.00 bits per heavy atom. The second kappa shape index (κ2) is 6.13. The van der Waals surface area contributed by atoms with Crippen LogP contribution in [0.1, 0.15) is 29.0 Å². The molecule has 114 valence electrons. The van der Waals surface area contributed by atoms with E-state index in [9.17, 15) is 0 Å². The van der Waals surface area contributed by atoms with Crippen molar-refractivity contribution in [1.82, 2.24) is 15.1 Å². The third-order valence-electron chi connectivity index (χ3n) is 3.95. The molecule has 1 N–H and O–H groups in total. The Balaban J connectivity index is 1.67. The number of nitrogens with one attached hydrogen (secondary N) is 1. The summed E-state index contributed by atoms with van der Waals surface area (Å²) in [6.45, 7) is 6.88. The number of aryl methyl sites for hydroxylation is 3. The molecule has 0 saturated heterocycles. The van der Waals surface area contributed by atoms with E-state index in [1.807, 2.05) is 26.0 Å². The average molecular weight is 296 g/mol. The van der Waals surface area contributed by atoms with Crippen molar-refractivity contribution in [3.05, 3.63) is 47.1 Å². The summed E-state index contributed by atoms with van der Waals surface area (Å²) in [7, 11) is 0. The van der Waals surface area contributed by atoms with Crippen molar-refractivity contribution < 1.29 is 4.52 Å². The third-order valence-corrected chi connectivity index (χ3v) is 3.95. The lowest BCUT2D eigenvalue weighted by Crippen LogP contribution is -2.06. The molecule has 0 bridgehead atoms. The molecule has 0 fully saturated rings. The number of anilines is 1. The molecule has 0 amide bonds. The van der Waals surface area contributed by atoms with Gasteiger partial charge >= 0.3 is 0 Å². The molecule has 3 aromatic rings. The van der Waals surface area contributed by atoms with Gasteiger partial charge in [0.1, 0.15) is 17.9 Å². The van der Waals surface area contributed by atoms with E-state index in [4.69, 9.17) is 4.52 Å². The minimum Gasteiger partial charge on any atom is -0.369 e. The first-order chi connectivity index (χ1) is 10.7. The Labute approximate surface area is 129 Å². The van der Waals surface area contributed by atoms with Crippen LogP contribution in [0.2, 0.25) is 0 Å². The SMILES string of the molecule is Cc1noc(C)c1CCCNc1ncnc2cccc(C)c12. The number of hydrogen-bond acceptors (Lipinski definition) is 5. The van der Waals surface area contributed by atoms with E-state index < -0.39 is 0 Å². The van der Waals surface area contributed by atoms with E-state index in [1.54, 1.807) is 6.33 Å². The number of hydrogen-bond donors (Lipinski definition) is 1. The van der Waals surface area contributed by atoms with Crippen LogP contribution in [0.4, 0.5) is 5.82 Å². The number of fused-ring (bicyclic) bond motifs is 1. The lowest BCUT2D eigenvalue weighted by molar-refractivity contribution is 0.392. The van der Waals surface area contributed by atoms with Crippen LogP contribution < -0.4 is 5.32 Å². The van der Waals surface area contributed by atoms with Gasteiger partial charge in [-0.3, -0.25) is 0 Å². The number of benzene rings is 1. The summed E-state index contributed by atoms with van der Waals surface area (Å²) < 4.78 is 5.19. The fourth-order valence-electron chi connectivity index (χ4n) is 2.75. The van der Waals surface area contributed by atoms with Gasteiger partial charge in [0.25, 0.3) is 0 Å². The Bertz CT molecular complexity index is 770. The van der Waals surface area contributed by atoms with Gasteiger partial charge < -0.3 is 9.84 Å². The minimum absolute atomic E-state index is 0.852. The van der Waals surface area contributed by atoms with Crippen molar-refractivity contribution in [2.24, 2.45) is 0 Å². The highest BCUT2D eigenvalue weighted by atomic mass is 16.5. The lowest BCUT2D eigenvalue weighted by atomic mass is 10.1. The van der Waals surface area contributed by atoms with Gasteiger partial charge in [0.2, 0.25) is 0 Å². The zero-order chi connectivity index (χ0) is 15.5. The monoisotopic (exact) mass is 296 g/mol. The van der Waals surface area contributed by atoms with Gasteiger partial charge in [-0.2, -0.15) is 0 Å². The van der Waals surface area contributed by atoms with E-state index in [-0.39, 0.29) is 0 Å². The van der Waals surface area contributed by atoms with Crippen molar-refractivity contribution in [3.63, 3.8) is 0 Å². The molecule has 1 aromatic carbocycles. The summed E-state index contributed by atoms with van der Waals surface area (Å²) in [6.07, 6.45) is 3.56. The van der Waals surface area contributed by atoms with Crippen molar-refractivity contribution in [1.29, 1.82) is 0 Å². The van der Waals surface area contributed by atoms with Crippen LogP contribution in [-0.4, -0.2) is 21.7 Å². The molecule has 0 saturated carbocycles. The smallest absolute Gasteiger partial charge is 0.137 e. The second-order valence-electron chi connectivity index (χ2n) is 5.52. The van der Waals surface area contributed by atoms with E-state index in [0.717, 1.165) is 47.6 Å². The van der Waals surface area contributed by atoms with Crippen molar-refractivity contribution >= 4 is 16.7 Å². The molecule has 0 unspecified atom stereocenters. The van der Waals surface area contributed by atoms with Crippen LogP contribution in [0, 0.1) is 20.8 Å². The predicted octanol–water partition coefficient (Wildman–Crippen LogP) is 3.59. The minimum atomic E-state index is 0.852. The number of aromatic nitrogens is 3. The number of nitrogens with zero attached hydrogens (tertiary/aromatic N) is 3. The highest BCUT2D eigenvalue weighted by Crippen LogP contribution is 2.23. The number of rotatable bonds is 5. The molecule has 5 heteroatoms. The molecular formula is C17H20N4O. The molecule has 0 aliphatic rings. The maximum absolute atomic E-state index is 5.19. The summed E-state index contributed by atoms with van der Waals surface area (Å²) in [4.78, 5) is 8.71. The molecule has 22 heavy (non-hydrogen) atoms. The zero-order valence-electron chi connectivity index (χ0n) is 13.2. The van der Waals surface area contributed by atoms with Gasteiger partial charge in [0, 0.05) is 17.5 Å². The molecule has 2 heterocycles. The highest BCUT2D eigenvalue weighted by Gasteiger charge is 2.09. The van der Waals surface area contributed by atoms with Crippen molar-refractivity contribution in [3.8, 4) is 0 Å². The zero-order valence-corrected chi connectivity index (χ0v) is 13.2. The van der Waals surface area contributed by atoms with Gasteiger partial charge in [0.05, 0.1) is 11.2 Å². The van der Waals surface area contributed by atoms with E-state index in [0.29, 0.717) is 0 Å². The summed E-state index contributed by atoms with van der Waals surface area (Å²) in [6, 6.07) is 6.12. The molecule has 0 spiro atoms. The summed E-state index contributed by atoms with van der Waals surface area (Å²) in [5.74, 6) is 1.82. The van der Waals surface area contributed by atoms with Crippen LogP contribution in [0.25, 0.3) is 10.9 Å². The summed E-state index contributed by atoms with van der Waals surface area (Å²) in [5.41, 5.74) is 4.36. The standard InChI is InChI=1S/C17H20N4O/c1-11-6-4-8-15-16(11)17(20-10-19-15)18-9-5-7-14-12(2)21-22-13(14)3/h4,6,8,10H,5,7,9H2,1-3H3,(H,18,19,20). The molecule has 0 atom stereocenters. The van der Waals surface area contributed by atoms with E-state index >= 15 is 0 Å². The average Bonchev–Trinajstić information content (AvgIpc) is 2.83. The van der Waals surface area contributed by atoms with Gasteiger partial charge in [-0.15, -0.1) is 0 Å². The molecule has 2 aromatic heterocycles.